The molecule has 0 amide bonds. The van der Waals surface area contributed by atoms with E-state index in [-0.39, 0.29) is 24.0 Å². The van der Waals surface area contributed by atoms with Crippen molar-refractivity contribution in [2.45, 2.75) is 40.4 Å². The van der Waals surface area contributed by atoms with Crippen LogP contribution in [0.25, 0.3) is 0 Å². The van der Waals surface area contributed by atoms with Gasteiger partial charge in [-0.3, -0.25) is 0 Å². The molecule has 0 fully saturated rings. The Morgan fingerprint density at radius 1 is 1.10 bits per heavy atom. The molecule has 2 aromatic heterocycles. The minimum Gasteiger partial charge on any atom is -0.497 e. The predicted molar refractivity (Wildman–Crippen MR) is 125 cm³/mol. The van der Waals surface area contributed by atoms with Crippen LogP contribution in [-0.4, -0.2) is 32.8 Å². The average Bonchev–Trinajstić information content (AvgIpc) is 3.22. The zero-order chi connectivity index (χ0) is 20.8. The van der Waals surface area contributed by atoms with E-state index >= 15 is 0 Å². The number of halogens is 1. The van der Waals surface area contributed by atoms with Crippen LogP contribution in [0.4, 0.5) is 0 Å². The number of hydrogen-bond donors (Lipinski definition) is 2. The summed E-state index contributed by atoms with van der Waals surface area (Å²) < 4.78 is 12.8. The first-order valence-electron chi connectivity index (χ1n) is 9.39. The minimum atomic E-state index is 0. The molecular weight excluding hydrogens is 497 g/mol. The molecular formula is C20H28IN7O2. The Labute approximate surface area is 193 Å². The van der Waals surface area contributed by atoms with Gasteiger partial charge < -0.3 is 24.4 Å². The van der Waals surface area contributed by atoms with Gasteiger partial charge in [0.2, 0.25) is 5.89 Å². The lowest BCUT2D eigenvalue weighted by molar-refractivity contribution is 0.414. The van der Waals surface area contributed by atoms with Gasteiger partial charge >= 0.3 is 0 Å². The zero-order valence-electron chi connectivity index (χ0n) is 17.9. The van der Waals surface area contributed by atoms with Gasteiger partial charge in [0.25, 0.3) is 0 Å². The second-order valence-corrected chi connectivity index (χ2v) is 6.69. The number of hydrogen-bond acceptors (Lipinski definition) is 6. The van der Waals surface area contributed by atoms with Crippen molar-refractivity contribution < 1.29 is 9.15 Å². The maximum absolute atomic E-state index is 5.64. The van der Waals surface area contributed by atoms with Crippen molar-refractivity contribution in [1.29, 1.82) is 0 Å². The summed E-state index contributed by atoms with van der Waals surface area (Å²) in [5.74, 6) is 4.58. The molecule has 10 heteroatoms. The van der Waals surface area contributed by atoms with Crippen molar-refractivity contribution in [2.75, 3.05) is 7.11 Å². The molecule has 162 valence electrons. The topological polar surface area (TPSA) is 102 Å². The molecule has 30 heavy (non-hydrogen) atoms. The summed E-state index contributed by atoms with van der Waals surface area (Å²) in [6, 6.07) is 7.83. The molecule has 0 radical (unpaired) electrons. The van der Waals surface area contributed by atoms with Crippen molar-refractivity contribution in [2.24, 2.45) is 12.0 Å². The number of aromatic nitrogens is 4. The highest BCUT2D eigenvalue weighted by atomic mass is 127. The lowest BCUT2D eigenvalue weighted by Crippen LogP contribution is -2.37. The number of nitrogens with zero attached hydrogens (tertiary/aromatic N) is 5. The van der Waals surface area contributed by atoms with Crippen LogP contribution in [0.2, 0.25) is 0 Å². The lowest BCUT2D eigenvalue weighted by Gasteiger charge is -2.11. The molecule has 0 saturated heterocycles. The molecule has 0 aliphatic heterocycles. The molecule has 0 unspecified atom stereocenters. The zero-order valence-corrected chi connectivity index (χ0v) is 20.2. The summed E-state index contributed by atoms with van der Waals surface area (Å²) in [5.41, 5.74) is 1.96. The molecule has 0 spiro atoms. The van der Waals surface area contributed by atoms with Crippen LogP contribution in [0.15, 0.2) is 33.7 Å². The third-order valence-electron chi connectivity index (χ3n) is 4.66. The standard InChI is InChI=1S/C20H27N7O2.HI/c1-13-14(2)29-19(24-13)12-23-20(22-11-18-26-25-15(3)27(18)4)21-10-16-6-8-17(28-5)9-7-16;/h6-9H,10-12H2,1-5H3,(H2,21,22,23);1H. The van der Waals surface area contributed by atoms with E-state index in [4.69, 9.17) is 9.15 Å². The van der Waals surface area contributed by atoms with E-state index in [1.807, 2.05) is 56.7 Å². The van der Waals surface area contributed by atoms with Crippen LogP contribution in [0.5, 0.6) is 5.75 Å². The van der Waals surface area contributed by atoms with Crippen LogP contribution in [0, 0.1) is 20.8 Å². The van der Waals surface area contributed by atoms with E-state index in [0.29, 0.717) is 31.5 Å². The number of methoxy groups -OCH3 is 1. The molecule has 9 nitrogen and oxygen atoms in total. The Kier molecular flexibility index (Phi) is 8.63. The number of nitrogens with one attached hydrogen (secondary N) is 2. The van der Waals surface area contributed by atoms with Gasteiger partial charge in [-0.15, -0.1) is 34.2 Å². The van der Waals surface area contributed by atoms with Crippen molar-refractivity contribution in [1.82, 2.24) is 30.4 Å². The number of oxazole rings is 1. The first kappa shape index (κ1) is 23.6. The molecule has 0 bridgehead atoms. The van der Waals surface area contributed by atoms with E-state index in [1.165, 1.54) is 0 Å². The van der Waals surface area contributed by atoms with Gasteiger partial charge in [-0.25, -0.2) is 9.98 Å². The van der Waals surface area contributed by atoms with Crippen LogP contribution in [0.1, 0.15) is 34.6 Å². The maximum Gasteiger partial charge on any atom is 0.214 e. The van der Waals surface area contributed by atoms with Gasteiger partial charge in [-0.2, -0.15) is 0 Å². The summed E-state index contributed by atoms with van der Waals surface area (Å²) in [5, 5.41) is 14.8. The number of guanidine groups is 1. The van der Waals surface area contributed by atoms with Crippen LogP contribution in [-0.2, 0) is 26.7 Å². The molecule has 3 rings (SSSR count). The second kappa shape index (κ2) is 11.0. The van der Waals surface area contributed by atoms with Crippen LogP contribution >= 0.6 is 24.0 Å². The normalized spacial score (nSPS) is 11.2. The van der Waals surface area contributed by atoms with Crippen molar-refractivity contribution in [3.8, 4) is 5.75 Å². The van der Waals surface area contributed by atoms with E-state index in [2.05, 4.69) is 30.8 Å². The van der Waals surface area contributed by atoms with Gasteiger partial charge in [-0.05, 0) is 38.5 Å². The lowest BCUT2D eigenvalue weighted by atomic mass is 10.2. The SMILES string of the molecule is COc1ccc(CN=C(NCc2nc(C)c(C)o2)NCc2nnc(C)n2C)cc1.I. The number of rotatable bonds is 7. The molecule has 3 aromatic rings. The Hall–Kier alpha value is -2.63. The maximum atomic E-state index is 5.64. The fraction of sp³-hybridized carbons (Fsp3) is 0.400. The van der Waals surface area contributed by atoms with Crippen LogP contribution in [0.3, 0.4) is 0 Å². The van der Waals surface area contributed by atoms with Gasteiger partial charge in [0, 0.05) is 7.05 Å². The summed E-state index contributed by atoms with van der Waals surface area (Å²) in [6.07, 6.45) is 0. The highest BCUT2D eigenvalue weighted by Crippen LogP contribution is 2.12. The van der Waals surface area contributed by atoms with E-state index in [1.54, 1.807) is 7.11 Å². The first-order chi connectivity index (χ1) is 14.0. The summed E-state index contributed by atoms with van der Waals surface area (Å²) in [6.45, 7) is 7.19. The van der Waals surface area contributed by atoms with Crippen molar-refractivity contribution in [3.63, 3.8) is 0 Å². The third-order valence-corrected chi connectivity index (χ3v) is 4.66. The highest BCUT2D eigenvalue weighted by molar-refractivity contribution is 14.0. The van der Waals surface area contributed by atoms with E-state index in [9.17, 15) is 0 Å². The molecule has 0 saturated carbocycles. The number of aliphatic imine (C=N–C) groups is 1. The predicted octanol–water partition coefficient (Wildman–Crippen LogP) is 2.79. The number of benzene rings is 1. The molecule has 0 atom stereocenters. The summed E-state index contributed by atoms with van der Waals surface area (Å²) in [7, 11) is 3.59. The van der Waals surface area contributed by atoms with Crippen LogP contribution < -0.4 is 15.4 Å². The highest BCUT2D eigenvalue weighted by Gasteiger charge is 2.09. The third kappa shape index (κ3) is 6.18. The molecule has 2 heterocycles. The average molecular weight is 525 g/mol. The minimum absolute atomic E-state index is 0. The largest absolute Gasteiger partial charge is 0.497 e. The van der Waals surface area contributed by atoms with E-state index < -0.39 is 0 Å². The number of ether oxygens (including phenoxy) is 1. The summed E-state index contributed by atoms with van der Waals surface area (Å²) in [4.78, 5) is 9.08. The van der Waals surface area contributed by atoms with Crippen molar-refractivity contribution in [3.05, 3.63) is 58.8 Å². The molecule has 0 aliphatic carbocycles. The molecule has 0 aliphatic rings. The Morgan fingerprint density at radius 3 is 2.37 bits per heavy atom. The first-order valence-corrected chi connectivity index (χ1v) is 9.39. The van der Waals surface area contributed by atoms with Gasteiger partial charge in [0.05, 0.1) is 32.4 Å². The fourth-order valence-electron chi connectivity index (χ4n) is 2.62. The number of aryl methyl sites for hydroxylation is 3. The molecule has 1 aromatic carbocycles. The quantitative estimate of drug-likeness (QED) is 0.278. The molecule has 2 N–H and O–H groups in total. The van der Waals surface area contributed by atoms with Gasteiger partial charge in [0.1, 0.15) is 17.3 Å². The Balaban J connectivity index is 0.00000320. The Morgan fingerprint density at radius 2 is 1.80 bits per heavy atom. The van der Waals surface area contributed by atoms with E-state index in [0.717, 1.165) is 34.4 Å². The van der Waals surface area contributed by atoms with Crippen molar-refractivity contribution >= 4 is 29.9 Å². The second-order valence-electron chi connectivity index (χ2n) is 6.69. The fourth-order valence-corrected chi connectivity index (χ4v) is 2.62. The monoisotopic (exact) mass is 525 g/mol. The summed E-state index contributed by atoms with van der Waals surface area (Å²) >= 11 is 0. The van der Waals surface area contributed by atoms with Gasteiger partial charge in [-0.1, -0.05) is 12.1 Å². The smallest absolute Gasteiger partial charge is 0.214 e. The Bertz CT molecular complexity index is 960. The van der Waals surface area contributed by atoms with Gasteiger partial charge in [0.15, 0.2) is 11.8 Å².